The summed E-state index contributed by atoms with van der Waals surface area (Å²) in [6, 6.07) is 13.6. The lowest BCUT2D eigenvalue weighted by Gasteiger charge is -2.20. The molecule has 198 valence electrons. The standard InChI is InChI=1S/C27H36N6O3S/c1-20-19-28-26(30-21-10-12-23(13-11-21)36-17-16-33-14-5-6-15-33)31-25(20)29-22-8-7-9-24(18-22)37(34,35)32-27(2,3)4/h7-13,18-19,32H,5-6,14-17H2,1-4H3,(H2,28,29,30,31)/i17D,19D. The second-order valence-electron chi connectivity index (χ2n) is 10.1. The summed E-state index contributed by atoms with van der Waals surface area (Å²) in [5.41, 5.74) is 1.11. The van der Waals surface area contributed by atoms with E-state index in [-0.39, 0.29) is 17.0 Å². The highest BCUT2D eigenvalue weighted by Gasteiger charge is 2.22. The number of benzene rings is 2. The zero-order valence-electron chi connectivity index (χ0n) is 23.7. The highest BCUT2D eigenvalue weighted by atomic mass is 32.2. The van der Waals surface area contributed by atoms with E-state index in [2.05, 4.69) is 30.2 Å². The van der Waals surface area contributed by atoms with Crippen molar-refractivity contribution in [2.24, 2.45) is 0 Å². The maximum atomic E-state index is 12.8. The molecule has 0 radical (unpaired) electrons. The van der Waals surface area contributed by atoms with Crippen molar-refractivity contribution < 1.29 is 15.9 Å². The Morgan fingerprint density at radius 3 is 2.51 bits per heavy atom. The number of hydrogen-bond donors (Lipinski definition) is 3. The summed E-state index contributed by atoms with van der Waals surface area (Å²) in [5.74, 6) is 1.20. The van der Waals surface area contributed by atoms with E-state index >= 15 is 0 Å². The molecule has 2 heterocycles. The Morgan fingerprint density at radius 2 is 1.81 bits per heavy atom. The molecule has 37 heavy (non-hydrogen) atoms. The van der Waals surface area contributed by atoms with E-state index in [1.165, 1.54) is 25.0 Å². The first kappa shape index (κ1) is 24.1. The molecule has 1 aliphatic rings. The Labute approximate surface area is 222 Å². The normalized spacial score (nSPS) is 16.1. The van der Waals surface area contributed by atoms with Crippen LogP contribution < -0.4 is 20.1 Å². The lowest BCUT2D eigenvalue weighted by atomic mass is 10.1. The molecule has 1 saturated heterocycles. The highest BCUT2D eigenvalue weighted by molar-refractivity contribution is 7.89. The van der Waals surface area contributed by atoms with Gasteiger partial charge in [-0.25, -0.2) is 18.1 Å². The van der Waals surface area contributed by atoms with Gasteiger partial charge in [-0.15, -0.1) is 0 Å². The van der Waals surface area contributed by atoms with E-state index in [9.17, 15) is 8.42 Å². The average molecular weight is 527 g/mol. The fourth-order valence-electron chi connectivity index (χ4n) is 3.87. The highest BCUT2D eigenvalue weighted by Crippen LogP contribution is 2.24. The van der Waals surface area contributed by atoms with Crippen molar-refractivity contribution in [3.05, 3.63) is 60.3 Å². The van der Waals surface area contributed by atoms with Gasteiger partial charge >= 0.3 is 0 Å². The van der Waals surface area contributed by atoms with Crippen molar-refractivity contribution in [3.8, 4) is 5.75 Å². The number of sulfonamides is 1. The summed E-state index contributed by atoms with van der Waals surface area (Å²) in [5, 5.41) is 6.23. The van der Waals surface area contributed by atoms with Crippen molar-refractivity contribution >= 4 is 33.2 Å². The molecule has 2 aromatic carbocycles. The van der Waals surface area contributed by atoms with Crippen molar-refractivity contribution in [2.75, 3.05) is 36.9 Å². The van der Waals surface area contributed by atoms with Crippen LogP contribution in [0.25, 0.3) is 0 Å². The second-order valence-corrected chi connectivity index (χ2v) is 11.8. The lowest BCUT2D eigenvalue weighted by molar-refractivity contribution is 0.238. The van der Waals surface area contributed by atoms with Crippen LogP contribution in [0.1, 0.15) is 41.9 Å². The number of ether oxygens (including phenoxy) is 1. The van der Waals surface area contributed by atoms with Gasteiger partial charge in [-0.2, -0.15) is 4.98 Å². The topological polar surface area (TPSA) is 108 Å². The number of nitrogens with zero attached hydrogens (tertiary/aromatic N) is 3. The van der Waals surface area contributed by atoms with Gasteiger partial charge in [-0.1, -0.05) is 6.07 Å². The molecule has 0 aliphatic carbocycles. The summed E-state index contributed by atoms with van der Waals surface area (Å²) in [7, 11) is -3.71. The second kappa shape index (κ2) is 11.5. The lowest BCUT2D eigenvalue weighted by Crippen LogP contribution is -2.40. The van der Waals surface area contributed by atoms with Gasteiger partial charge in [-0.3, -0.25) is 4.90 Å². The van der Waals surface area contributed by atoms with Gasteiger partial charge in [0, 0.05) is 35.2 Å². The first-order chi connectivity index (χ1) is 18.4. The van der Waals surface area contributed by atoms with Crippen molar-refractivity contribution in [3.63, 3.8) is 0 Å². The summed E-state index contributed by atoms with van der Waals surface area (Å²) < 4.78 is 50.4. The van der Waals surface area contributed by atoms with Gasteiger partial charge in [0.1, 0.15) is 18.2 Å². The summed E-state index contributed by atoms with van der Waals surface area (Å²) in [4.78, 5) is 11.1. The molecule has 3 aromatic rings. The molecule has 0 saturated carbocycles. The maximum Gasteiger partial charge on any atom is 0.241 e. The number of nitrogens with one attached hydrogen (secondary N) is 3. The third-order valence-electron chi connectivity index (χ3n) is 5.61. The molecule has 3 N–H and O–H groups in total. The monoisotopic (exact) mass is 526 g/mol. The molecule has 0 bridgehead atoms. The van der Waals surface area contributed by atoms with E-state index in [4.69, 9.17) is 7.48 Å². The van der Waals surface area contributed by atoms with Gasteiger partial charge < -0.3 is 15.4 Å². The molecule has 1 unspecified atom stereocenters. The maximum absolute atomic E-state index is 12.8. The van der Waals surface area contributed by atoms with Crippen LogP contribution in [0, 0.1) is 6.92 Å². The molecule has 1 aromatic heterocycles. The minimum Gasteiger partial charge on any atom is -0.492 e. The Kier molecular flexibility index (Phi) is 7.47. The summed E-state index contributed by atoms with van der Waals surface area (Å²) in [6.07, 6.45) is 2.38. The van der Waals surface area contributed by atoms with Crippen LogP contribution in [-0.2, 0) is 10.0 Å². The Morgan fingerprint density at radius 1 is 1.08 bits per heavy atom. The Bertz CT molecular complexity index is 1390. The van der Waals surface area contributed by atoms with Crippen LogP contribution in [0.2, 0.25) is 0 Å². The zero-order valence-corrected chi connectivity index (χ0v) is 22.5. The van der Waals surface area contributed by atoms with Crippen molar-refractivity contribution in [2.45, 2.75) is 51.0 Å². The summed E-state index contributed by atoms with van der Waals surface area (Å²) in [6.45, 7) is 9.04. The van der Waals surface area contributed by atoms with Crippen LogP contribution in [0.4, 0.5) is 23.1 Å². The fraction of sp³-hybridized carbons (Fsp3) is 0.407. The van der Waals surface area contributed by atoms with E-state index in [1.807, 2.05) is 0 Å². The van der Waals surface area contributed by atoms with Gasteiger partial charge in [0.15, 0.2) is 0 Å². The van der Waals surface area contributed by atoms with Crippen molar-refractivity contribution in [1.82, 2.24) is 19.6 Å². The van der Waals surface area contributed by atoms with E-state index in [0.29, 0.717) is 35.1 Å². The predicted molar refractivity (Wildman–Crippen MR) is 147 cm³/mol. The Balaban J connectivity index is 1.45. The van der Waals surface area contributed by atoms with E-state index in [0.717, 1.165) is 13.1 Å². The largest absolute Gasteiger partial charge is 0.492 e. The first-order valence-electron chi connectivity index (χ1n) is 13.4. The van der Waals surface area contributed by atoms with Gasteiger partial charge in [-0.05, 0) is 96.1 Å². The molecule has 9 nitrogen and oxygen atoms in total. The molecule has 0 amide bonds. The smallest absolute Gasteiger partial charge is 0.241 e. The van der Waals surface area contributed by atoms with Crippen LogP contribution in [-0.4, -0.2) is 55.0 Å². The van der Waals surface area contributed by atoms with Crippen LogP contribution in [0.5, 0.6) is 5.75 Å². The molecule has 10 heteroatoms. The zero-order chi connectivity index (χ0) is 28.2. The molecule has 1 atom stereocenters. The number of anilines is 4. The number of likely N-dealkylation sites (tertiary alicyclic amines) is 1. The first-order valence-corrected chi connectivity index (χ1v) is 13.8. The Hall–Kier alpha value is -3.21. The number of hydrogen-bond acceptors (Lipinski definition) is 8. The summed E-state index contributed by atoms with van der Waals surface area (Å²) >= 11 is 0. The quantitative estimate of drug-likeness (QED) is 0.345. The number of rotatable bonds is 10. The van der Waals surface area contributed by atoms with Crippen molar-refractivity contribution in [1.29, 1.82) is 0 Å². The molecule has 1 aliphatic heterocycles. The molecule has 4 rings (SSSR count). The predicted octanol–water partition coefficient (Wildman–Crippen LogP) is 4.82. The van der Waals surface area contributed by atoms with Gasteiger partial charge in [0.05, 0.1) is 7.64 Å². The molecule has 0 spiro atoms. The van der Waals surface area contributed by atoms with Crippen LogP contribution >= 0.6 is 0 Å². The molecule has 1 fully saturated rings. The van der Waals surface area contributed by atoms with E-state index in [1.54, 1.807) is 64.1 Å². The third kappa shape index (κ3) is 7.88. The molecular weight excluding hydrogens is 488 g/mol. The van der Waals surface area contributed by atoms with Crippen LogP contribution in [0.3, 0.4) is 0 Å². The van der Waals surface area contributed by atoms with E-state index < -0.39 is 22.1 Å². The minimum atomic E-state index is -3.71. The SMILES string of the molecule is [2H]c1nc(Nc2ccc(OC([2H])CN3CCCC3)cc2)nc(Nc2cccc(S(=O)(=O)NC(C)(C)C)c2)c1C. The average Bonchev–Trinajstić information content (AvgIpc) is 3.35. The number of aromatic nitrogens is 2. The van der Waals surface area contributed by atoms with Crippen LogP contribution in [0.15, 0.2) is 59.6 Å². The van der Waals surface area contributed by atoms with Gasteiger partial charge in [0.25, 0.3) is 0 Å². The minimum absolute atomic E-state index is 0.0343. The van der Waals surface area contributed by atoms with Gasteiger partial charge in [0.2, 0.25) is 16.0 Å². The fourth-order valence-corrected chi connectivity index (χ4v) is 5.34. The third-order valence-corrected chi connectivity index (χ3v) is 7.37. The molecular formula is C27H36N6O3S.